The number of ether oxygens (including phenoxy) is 2. The minimum Gasteiger partial charge on any atom is -0.495 e. The average molecular weight is 609 g/mol. The maximum Gasteiger partial charge on any atom is 0.225 e. The summed E-state index contributed by atoms with van der Waals surface area (Å²) in [6.45, 7) is 0. The summed E-state index contributed by atoms with van der Waals surface area (Å²) in [5, 5.41) is 5.78. The average Bonchev–Trinajstić information content (AvgIpc) is 2.99. The van der Waals surface area contributed by atoms with Gasteiger partial charge in [-0.15, -0.1) is 23.5 Å². The van der Waals surface area contributed by atoms with E-state index in [-0.39, 0.29) is 36.3 Å². The predicted molar refractivity (Wildman–Crippen MR) is 166 cm³/mol. The molecule has 0 saturated heterocycles. The van der Waals surface area contributed by atoms with Crippen LogP contribution in [-0.2, 0) is 9.59 Å². The number of thioether (sulfide) groups is 2. The fraction of sp³-hybridized carbons (Fsp3) is 0.188. The van der Waals surface area contributed by atoms with Crippen molar-refractivity contribution in [3.8, 4) is 22.6 Å². The quantitative estimate of drug-likeness (QED) is 0.150. The van der Waals surface area contributed by atoms with Gasteiger partial charge < -0.3 is 20.1 Å². The van der Waals surface area contributed by atoms with Crippen molar-refractivity contribution in [2.75, 3.05) is 36.4 Å². The number of anilines is 2. The summed E-state index contributed by atoms with van der Waals surface area (Å²) in [7, 11) is 3.07. The molecule has 0 aliphatic carbocycles. The van der Waals surface area contributed by atoms with Gasteiger partial charge in [-0.05, 0) is 83.9 Å². The van der Waals surface area contributed by atoms with Gasteiger partial charge in [0.25, 0.3) is 0 Å². The van der Waals surface area contributed by atoms with Crippen LogP contribution in [0.5, 0.6) is 11.5 Å². The monoisotopic (exact) mass is 608 g/mol. The fourth-order valence-electron chi connectivity index (χ4n) is 3.96. The van der Waals surface area contributed by atoms with Gasteiger partial charge in [0.05, 0.1) is 25.6 Å². The van der Waals surface area contributed by atoms with Crippen molar-refractivity contribution in [2.24, 2.45) is 0 Å². The Morgan fingerprint density at radius 1 is 0.619 bits per heavy atom. The third-order valence-corrected chi connectivity index (χ3v) is 8.14. The largest absolute Gasteiger partial charge is 0.495 e. The first-order valence-corrected chi connectivity index (χ1v) is 15.0. The lowest BCUT2D eigenvalue weighted by atomic mass is 10.0. The number of hydrogen-bond donors (Lipinski definition) is 2. The summed E-state index contributed by atoms with van der Waals surface area (Å²) in [6.07, 6.45) is 0.560. The Balaban J connectivity index is 1.33. The van der Waals surface area contributed by atoms with E-state index in [1.165, 1.54) is 62.0 Å². The third-order valence-electron chi connectivity index (χ3n) is 6.11. The molecule has 4 rings (SSSR count). The first kappa shape index (κ1) is 30.9. The number of benzene rings is 4. The number of rotatable bonds is 13. The van der Waals surface area contributed by atoms with Gasteiger partial charge >= 0.3 is 0 Å². The van der Waals surface area contributed by atoms with E-state index in [1.54, 1.807) is 36.4 Å². The zero-order valence-corrected chi connectivity index (χ0v) is 24.7. The molecule has 0 spiro atoms. The molecule has 6 nitrogen and oxygen atoms in total. The van der Waals surface area contributed by atoms with Crippen LogP contribution in [0.4, 0.5) is 20.2 Å². The van der Waals surface area contributed by atoms with Crippen molar-refractivity contribution in [1.29, 1.82) is 0 Å². The molecule has 4 aromatic carbocycles. The number of carbonyl (C=O) groups excluding carboxylic acids is 2. The highest BCUT2D eigenvalue weighted by Gasteiger charge is 2.13. The van der Waals surface area contributed by atoms with Gasteiger partial charge in [-0.1, -0.05) is 12.1 Å². The van der Waals surface area contributed by atoms with Crippen LogP contribution in [0.1, 0.15) is 12.8 Å². The second-order valence-electron chi connectivity index (χ2n) is 9.03. The van der Waals surface area contributed by atoms with Crippen molar-refractivity contribution in [3.63, 3.8) is 0 Å². The zero-order valence-electron chi connectivity index (χ0n) is 23.1. The number of hydrogen-bond acceptors (Lipinski definition) is 6. The van der Waals surface area contributed by atoms with Gasteiger partial charge in [-0.25, -0.2) is 8.78 Å². The predicted octanol–water partition coefficient (Wildman–Crippen LogP) is 7.89. The van der Waals surface area contributed by atoms with Crippen molar-refractivity contribution < 1.29 is 27.8 Å². The molecule has 42 heavy (non-hydrogen) atoms. The summed E-state index contributed by atoms with van der Waals surface area (Å²) >= 11 is 2.96. The molecule has 218 valence electrons. The van der Waals surface area contributed by atoms with Crippen LogP contribution in [0.2, 0.25) is 0 Å². The van der Waals surface area contributed by atoms with Crippen LogP contribution in [-0.4, -0.2) is 37.5 Å². The Labute approximate surface area is 252 Å². The first-order valence-electron chi connectivity index (χ1n) is 13.1. The molecule has 0 fully saturated rings. The maximum atomic E-state index is 13.1. The van der Waals surface area contributed by atoms with Crippen molar-refractivity contribution in [1.82, 2.24) is 0 Å². The standard InChI is InChI=1S/C32H30F2N2O4S2/c1-39-29-19-21(3-13-27(29)35-31(37)15-17-41-25-9-5-23(33)6-10-25)22-4-14-28(30(20-22)40-2)36-32(38)16-18-42-26-11-7-24(34)8-12-26/h3-14,19-20H,15-18H2,1-2H3,(H,35,37)(H,36,38). The number of methoxy groups -OCH3 is 2. The lowest BCUT2D eigenvalue weighted by molar-refractivity contribution is -0.116. The van der Waals surface area contributed by atoms with E-state index in [0.717, 1.165) is 20.9 Å². The highest BCUT2D eigenvalue weighted by molar-refractivity contribution is 7.99. The van der Waals surface area contributed by atoms with E-state index in [9.17, 15) is 18.4 Å². The molecule has 2 N–H and O–H groups in total. The fourth-order valence-corrected chi connectivity index (χ4v) is 5.66. The van der Waals surface area contributed by atoms with Crippen LogP contribution < -0.4 is 20.1 Å². The van der Waals surface area contributed by atoms with Crippen molar-refractivity contribution in [2.45, 2.75) is 22.6 Å². The summed E-state index contributed by atoms with van der Waals surface area (Å²) in [6, 6.07) is 23.3. The number of carbonyl (C=O) groups is 2. The molecule has 0 unspecified atom stereocenters. The van der Waals surface area contributed by atoms with Crippen LogP contribution >= 0.6 is 23.5 Å². The van der Waals surface area contributed by atoms with Gasteiger partial charge in [0, 0.05) is 34.1 Å². The SMILES string of the molecule is COc1cc(-c2ccc(NC(=O)CCSc3ccc(F)cc3)c(OC)c2)ccc1NC(=O)CCSc1ccc(F)cc1. The molecule has 10 heteroatoms. The molecule has 0 aromatic heterocycles. The van der Waals surface area contributed by atoms with E-state index in [4.69, 9.17) is 9.47 Å². The molecular weight excluding hydrogens is 578 g/mol. The second kappa shape index (κ2) is 15.3. The molecule has 0 aliphatic rings. The molecule has 0 heterocycles. The van der Waals surface area contributed by atoms with E-state index >= 15 is 0 Å². The maximum absolute atomic E-state index is 13.1. The van der Waals surface area contributed by atoms with Gasteiger partial charge in [-0.3, -0.25) is 9.59 Å². The third kappa shape index (κ3) is 8.99. The Morgan fingerprint density at radius 2 is 1.00 bits per heavy atom. The smallest absolute Gasteiger partial charge is 0.225 e. The van der Waals surface area contributed by atoms with Crippen molar-refractivity contribution >= 4 is 46.7 Å². The van der Waals surface area contributed by atoms with Gasteiger partial charge in [-0.2, -0.15) is 0 Å². The minimum atomic E-state index is -0.292. The van der Waals surface area contributed by atoms with Crippen LogP contribution in [0.15, 0.2) is 94.7 Å². The Hall–Kier alpha value is -4.02. The second-order valence-corrected chi connectivity index (χ2v) is 11.4. The molecule has 0 aliphatic heterocycles. The van der Waals surface area contributed by atoms with Gasteiger partial charge in [0.2, 0.25) is 11.8 Å². The summed E-state index contributed by atoms with van der Waals surface area (Å²) < 4.78 is 37.2. The van der Waals surface area contributed by atoms with Gasteiger partial charge in [0.1, 0.15) is 23.1 Å². The van der Waals surface area contributed by atoms with E-state index in [0.29, 0.717) is 34.4 Å². The van der Waals surface area contributed by atoms with Gasteiger partial charge in [0.15, 0.2) is 0 Å². The molecule has 4 aromatic rings. The zero-order chi connectivity index (χ0) is 29.9. The topological polar surface area (TPSA) is 76.7 Å². The highest BCUT2D eigenvalue weighted by Crippen LogP contribution is 2.35. The normalized spacial score (nSPS) is 10.7. The Morgan fingerprint density at radius 3 is 1.36 bits per heavy atom. The molecule has 0 saturated carbocycles. The van der Waals surface area contributed by atoms with E-state index in [1.807, 2.05) is 24.3 Å². The van der Waals surface area contributed by atoms with Crippen LogP contribution in [0, 0.1) is 11.6 Å². The first-order chi connectivity index (χ1) is 20.3. The number of nitrogens with one attached hydrogen (secondary N) is 2. The van der Waals surface area contributed by atoms with Crippen LogP contribution in [0.3, 0.4) is 0 Å². The van der Waals surface area contributed by atoms with Crippen molar-refractivity contribution in [3.05, 3.63) is 96.6 Å². The molecule has 2 amide bonds. The minimum absolute atomic E-state index is 0.159. The lowest BCUT2D eigenvalue weighted by Gasteiger charge is -2.14. The van der Waals surface area contributed by atoms with Crippen LogP contribution in [0.25, 0.3) is 11.1 Å². The summed E-state index contributed by atoms with van der Waals surface area (Å²) in [5.74, 6) is 1.20. The summed E-state index contributed by atoms with van der Waals surface area (Å²) in [4.78, 5) is 26.9. The number of amides is 2. The molecule has 0 atom stereocenters. The van der Waals surface area contributed by atoms with E-state index in [2.05, 4.69) is 10.6 Å². The Bertz CT molecular complexity index is 1400. The molecule has 0 bridgehead atoms. The lowest BCUT2D eigenvalue weighted by Crippen LogP contribution is -2.13. The number of halogens is 2. The molecule has 0 radical (unpaired) electrons. The summed E-state index contributed by atoms with van der Waals surface area (Å²) in [5.41, 5.74) is 2.77. The van der Waals surface area contributed by atoms with E-state index < -0.39 is 0 Å². The highest BCUT2D eigenvalue weighted by atomic mass is 32.2. The Kier molecular flexibility index (Phi) is 11.2. The molecular formula is C32H30F2N2O4S2.